The van der Waals surface area contributed by atoms with Gasteiger partial charge in [0.1, 0.15) is 0 Å². The standard InChI is InChI=1S/C13H20O5/c14-11(10-4-2-1-3-5-10)8-9-18-13(17)7-6-12(15)16/h6-7,10-11,14H,1-5,8-9H2,(H,15,16)/b7-6-. The van der Waals surface area contributed by atoms with E-state index >= 15 is 0 Å². The Morgan fingerprint density at radius 3 is 2.50 bits per heavy atom. The van der Waals surface area contributed by atoms with E-state index in [1.165, 1.54) is 6.42 Å². The summed E-state index contributed by atoms with van der Waals surface area (Å²) in [6, 6.07) is 0. The van der Waals surface area contributed by atoms with E-state index in [1.807, 2.05) is 0 Å². The summed E-state index contributed by atoms with van der Waals surface area (Å²) in [4.78, 5) is 21.2. The Morgan fingerprint density at radius 2 is 1.89 bits per heavy atom. The number of carboxylic acid groups (broad SMARTS) is 1. The summed E-state index contributed by atoms with van der Waals surface area (Å²) in [6.07, 6.45) is 7.21. The largest absolute Gasteiger partial charge is 0.478 e. The van der Waals surface area contributed by atoms with Crippen molar-refractivity contribution in [3.63, 3.8) is 0 Å². The van der Waals surface area contributed by atoms with Gasteiger partial charge >= 0.3 is 11.9 Å². The van der Waals surface area contributed by atoms with E-state index in [2.05, 4.69) is 0 Å². The molecular formula is C13H20O5. The monoisotopic (exact) mass is 256 g/mol. The van der Waals surface area contributed by atoms with Gasteiger partial charge in [0.05, 0.1) is 12.7 Å². The third-order valence-electron chi connectivity index (χ3n) is 3.21. The van der Waals surface area contributed by atoms with E-state index < -0.39 is 18.0 Å². The second kappa shape index (κ2) is 7.87. The van der Waals surface area contributed by atoms with Crippen molar-refractivity contribution in [2.45, 2.75) is 44.6 Å². The Balaban J connectivity index is 2.16. The number of carbonyl (C=O) groups is 2. The van der Waals surface area contributed by atoms with Gasteiger partial charge in [-0.2, -0.15) is 0 Å². The zero-order chi connectivity index (χ0) is 13.4. The van der Waals surface area contributed by atoms with Gasteiger partial charge in [0.15, 0.2) is 0 Å². The van der Waals surface area contributed by atoms with Crippen LogP contribution in [0.2, 0.25) is 0 Å². The van der Waals surface area contributed by atoms with Crippen molar-refractivity contribution >= 4 is 11.9 Å². The first-order valence-electron chi connectivity index (χ1n) is 6.35. The highest BCUT2D eigenvalue weighted by atomic mass is 16.5. The minimum absolute atomic E-state index is 0.125. The van der Waals surface area contributed by atoms with Gasteiger partial charge in [0, 0.05) is 18.6 Å². The summed E-state index contributed by atoms with van der Waals surface area (Å²) in [7, 11) is 0. The van der Waals surface area contributed by atoms with Crippen LogP contribution in [0.4, 0.5) is 0 Å². The van der Waals surface area contributed by atoms with E-state index in [0.29, 0.717) is 12.3 Å². The van der Waals surface area contributed by atoms with E-state index in [0.717, 1.165) is 37.8 Å². The predicted molar refractivity (Wildman–Crippen MR) is 64.9 cm³/mol. The maximum absolute atomic E-state index is 11.1. The van der Waals surface area contributed by atoms with Crippen LogP contribution in [-0.2, 0) is 14.3 Å². The van der Waals surface area contributed by atoms with E-state index in [4.69, 9.17) is 9.84 Å². The summed E-state index contributed by atoms with van der Waals surface area (Å²) in [5, 5.41) is 18.2. The van der Waals surface area contributed by atoms with Crippen LogP contribution >= 0.6 is 0 Å². The molecule has 1 aliphatic carbocycles. The number of aliphatic carboxylic acids is 1. The number of aliphatic hydroxyl groups is 1. The van der Waals surface area contributed by atoms with E-state index in [1.54, 1.807) is 0 Å². The van der Waals surface area contributed by atoms with Gasteiger partial charge < -0.3 is 14.9 Å². The highest BCUT2D eigenvalue weighted by molar-refractivity contribution is 5.90. The van der Waals surface area contributed by atoms with Crippen LogP contribution in [-0.4, -0.2) is 34.9 Å². The number of aliphatic hydroxyl groups excluding tert-OH is 1. The lowest BCUT2D eigenvalue weighted by molar-refractivity contribution is -0.139. The Kier molecular flexibility index (Phi) is 6.43. The maximum atomic E-state index is 11.1. The molecular weight excluding hydrogens is 236 g/mol. The van der Waals surface area contributed by atoms with Crippen molar-refractivity contribution in [3.8, 4) is 0 Å². The third kappa shape index (κ3) is 5.82. The van der Waals surface area contributed by atoms with Gasteiger partial charge in [-0.25, -0.2) is 9.59 Å². The minimum atomic E-state index is -1.19. The highest BCUT2D eigenvalue weighted by Crippen LogP contribution is 2.27. The predicted octanol–water partition coefficient (Wildman–Crippen LogP) is 1.50. The molecule has 1 atom stereocenters. The lowest BCUT2D eigenvalue weighted by Gasteiger charge is -2.26. The number of carboxylic acids is 1. The van der Waals surface area contributed by atoms with Crippen LogP contribution in [0.25, 0.3) is 0 Å². The third-order valence-corrected chi connectivity index (χ3v) is 3.21. The molecule has 5 nitrogen and oxygen atoms in total. The molecule has 0 aromatic carbocycles. The number of hydrogen-bond donors (Lipinski definition) is 2. The molecule has 0 radical (unpaired) electrons. The fourth-order valence-electron chi connectivity index (χ4n) is 2.22. The number of carbonyl (C=O) groups excluding carboxylic acids is 1. The van der Waals surface area contributed by atoms with Crippen molar-refractivity contribution in [2.75, 3.05) is 6.61 Å². The lowest BCUT2D eigenvalue weighted by Crippen LogP contribution is -2.24. The molecule has 102 valence electrons. The van der Waals surface area contributed by atoms with Crippen LogP contribution in [0.1, 0.15) is 38.5 Å². The zero-order valence-electron chi connectivity index (χ0n) is 10.4. The van der Waals surface area contributed by atoms with Crippen LogP contribution in [0.3, 0.4) is 0 Å². The first-order chi connectivity index (χ1) is 8.59. The van der Waals surface area contributed by atoms with Crippen molar-refractivity contribution < 1.29 is 24.5 Å². The van der Waals surface area contributed by atoms with Gasteiger partial charge in [-0.05, 0) is 18.8 Å². The lowest BCUT2D eigenvalue weighted by atomic mass is 9.84. The van der Waals surface area contributed by atoms with Crippen molar-refractivity contribution in [3.05, 3.63) is 12.2 Å². The molecule has 18 heavy (non-hydrogen) atoms. The van der Waals surface area contributed by atoms with Gasteiger partial charge in [-0.1, -0.05) is 19.3 Å². The topological polar surface area (TPSA) is 83.8 Å². The Hall–Kier alpha value is -1.36. The second-order valence-corrected chi connectivity index (χ2v) is 4.59. The second-order valence-electron chi connectivity index (χ2n) is 4.59. The fourth-order valence-corrected chi connectivity index (χ4v) is 2.22. The Labute approximate surface area is 106 Å². The number of hydrogen-bond acceptors (Lipinski definition) is 4. The molecule has 0 spiro atoms. The van der Waals surface area contributed by atoms with Gasteiger partial charge in [0.25, 0.3) is 0 Å². The molecule has 0 amide bonds. The minimum Gasteiger partial charge on any atom is -0.478 e. The van der Waals surface area contributed by atoms with E-state index in [-0.39, 0.29) is 6.61 Å². The first kappa shape index (κ1) is 14.7. The fraction of sp³-hybridized carbons (Fsp3) is 0.692. The Morgan fingerprint density at radius 1 is 1.22 bits per heavy atom. The molecule has 0 aromatic rings. The van der Waals surface area contributed by atoms with Gasteiger partial charge in [-0.3, -0.25) is 0 Å². The molecule has 0 aliphatic heterocycles. The Bertz CT molecular complexity index is 305. The molecule has 1 saturated carbocycles. The quantitative estimate of drug-likeness (QED) is 0.556. The van der Waals surface area contributed by atoms with Crippen LogP contribution < -0.4 is 0 Å². The normalized spacial score (nSPS) is 18.7. The van der Waals surface area contributed by atoms with Crippen LogP contribution in [0, 0.1) is 5.92 Å². The van der Waals surface area contributed by atoms with Gasteiger partial charge in [-0.15, -0.1) is 0 Å². The van der Waals surface area contributed by atoms with Crippen molar-refractivity contribution in [1.82, 2.24) is 0 Å². The molecule has 1 rings (SSSR count). The van der Waals surface area contributed by atoms with Crippen LogP contribution in [0.5, 0.6) is 0 Å². The summed E-state index contributed by atoms with van der Waals surface area (Å²) >= 11 is 0. The molecule has 2 N–H and O–H groups in total. The summed E-state index contributed by atoms with van der Waals surface area (Å²) in [5.74, 6) is -1.56. The SMILES string of the molecule is O=C(O)/C=C\C(=O)OCCC(O)C1CCCCC1. The molecule has 0 saturated heterocycles. The average Bonchev–Trinajstić information content (AvgIpc) is 2.37. The first-order valence-corrected chi connectivity index (χ1v) is 6.35. The van der Waals surface area contributed by atoms with Crippen molar-refractivity contribution in [1.29, 1.82) is 0 Å². The number of rotatable bonds is 6. The molecule has 0 bridgehead atoms. The smallest absolute Gasteiger partial charge is 0.331 e. The molecule has 0 heterocycles. The molecule has 5 heteroatoms. The summed E-state index contributed by atoms with van der Waals surface area (Å²) in [6.45, 7) is 0.125. The number of ether oxygens (including phenoxy) is 1. The highest BCUT2D eigenvalue weighted by Gasteiger charge is 2.21. The molecule has 1 fully saturated rings. The average molecular weight is 256 g/mol. The molecule has 0 aromatic heterocycles. The molecule has 1 unspecified atom stereocenters. The van der Waals surface area contributed by atoms with E-state index in [9.17, 15) is 14.7 Å². The van der Waals surface area contributed by atoms with Gasteiger partial charge in [0.2, 0.25) is 0 Å². The zero-order valence-corrected chi connectivity index (χ0v) is 10.4. The van der Waals surface area contributed by atoms with Crippen LogP contribution in [0.15, 0.2) is 12.2 Å². The van der Waals surface area contributed by atoms with Crippen molar-refractivity contribution in [2.24, 2.45) is 5.92 Å². The summed E-state index contributed by atoms with van der Waals surface area (Å²) in [5.41, 5.74) is 0. The molecule has 1 aliphatic rings. The number of esters is 1. The maximum Gasteiger partial charge on any atom is 0.331 e. The summed E-state index contributed by atoms with van der Waals surface area (Å²) < 4.78 is 4.80.